The van der Waals surface area contributed by atoms with Crippen molar-refractivity contribution in [2.45, 2.75) is 0 Å². The standard InChI is InChI=1S/C15H10N4O.CO2/c16-9-11-1-3-12(4-2-11)13-5-7-14(8-6-13)20-15-10-17-19-18-15;2-1-3/h1-8,10H,(H,17,18,19);. The zero-order valence-electron chi connectivity index (χ0n) is 11.8. The number of aromatic amines is 1. The van der Waals surface area contributed by atoms with Crippen LogP contribution in [0.2, 0.25) is 0 Å². The molecule has 1 heterocycles. The second-order valence-electron chi connectivity index (χ2n) is 4.21. The fourth-order valence-electron chi connectivity index (χ4n) is 1.81. The van der Waals surface area contributed by atoms with Crippen molar-refractivity contribution in [2.24, 2.45) is 0 Å². The number of rotatable bonds is 3. The molecule has 0 atom stereocenters. The van der Waals surface area contributed by atoms with Crippen molar-refractivity contribution in [3.05, 3.63) is 60.3 Å². The zero-order valence-corrected chi connectivity index (χ0v) is 11.8. The van der Waals surface area contributed by atoms with Crippen LogP contribution in [0.3, 0.4) is 0 Å². The van der Waals surface area contributed by atoms with Crippen molar-refractivity contribution >= 4 is 6.15 Å². The molecule has 0 radical (unpaired) electrons. The van der Waals surface area contributed by atoms with Crippen molar-refractivity contribution in [2.75, 3.05) is 0 Å². The van der Waals surface area contributed by atoms with E-state index in [-0.39, 0.29) is 6.15 Å². The number of carbonyl (C=O) groups excluding carboxylic acids is 2. The molecule has 0 spiro atoms. The molecular formula is C16H10N4O3. The van der Waals surface area contributed by atoms with E-state index in [0.717, 1.165) is 11.1 Å². The molecule has 0 bridgehead atoms. The molecule has 0 aliphatic heterocycles. The summed E-state index contributed by atoms with van der Waals surface area (Å²) in [4.78, 5) is 16.2. The summed E-state index contributed by atoms with van der Waals surface area (Å²) in [5.74, 6) is 1.12. The summed E-state index contributed by atoms with van der Waals surface area (Å²) >= 11 is 0. The van der Waals surface area contributed by atoms with Gasteiger partial charge in [0, 0.05) is 0 Å². The maximum atomic E-state index is 8.78. The number of hydrogen-bond donors (Lipinski definition) is 1. The predicted molar refractivity (Wildman–Crippen MR) is 78.1 cm³/mol. The summed E-state index contributed by atoms with van der Waals surface area (Å²) in [6.07, 6.45) is 1.76. The fourth-order valence-corrected chi connectivity index (χ4v) is 1.81. The lowest BCUT2D eigenvalue weighted by molar-refractivity contribution is -0.191. The lowest BCUT2D eigenvalue weighted by Gasteiger charge is -2.04. The van der Waals surface area contributed by atoms with Crippen LogP contribution in [0.15, 0.2) is 54.7 Å². The maximum Gasteiger partial charge on any atom is 0.373 e. The normalized spacial score (nSPS) is 9.00. The number of nitrogens with one attached hydrogen (secondary N) is 1. The van der Waals surface area contributed by atoms with Crippen LogP contribution < -0.4 is 4.74 Å². The number of benzene rings is 2. The molecular weight excluding hydrogens is 296 g/mol. The maximum absolute atomic E-state index is 8.78. The SMILES string of the molecule is N#Cc1ccc(-c2ccc(Oc3cn[nH]n3)cc2)cc1.O=C=O. The molecule has 1 aromatic heterocycles. The fraction of sp³-hybridized carbons (Fsp3) is 0. The van der Waals surface area contributed by atoms with Crippen molar-refractivity contribution in [3.8, 4) is 28.8 Å². The molecule has 0 saturated carbocycles. The Labute approximate surface area is 131 Å². The minimum absolute atomic E-state index is 0.250. The van der Waals surface area contributed by atoms with Crippen LogP contribution in [-0.4, -0.2) is 21.6 Å². The average molecular weight is 306 g/mol. The molecule has 112 valence electrons. The Balaban J connectivity index is 0.000000595. The molecule has 2 aromatic carbocycles. The number of hydrogen-bond acceptors (Lipinski definition) is 6. The van der Waals surface area contributed by atoms with Gasteiger partial charge in [-0.3, -0.25) is 0 Å². The molecule has 3 aromatic rings. The topological polar surface area (TPSA) is 109 Å². The molecule has 0 saturated heterocycles. The van der Waals surface area contributed by atoms with Crippen LogP contribution >= 0.6 is 0 Å². The number of ether oxygens (including phenoxy) is 1. The first kappa shape index (κ1) is 15.6. The van der Waals surface area contributed by atoms with E-state index >= 15 is 0 Å². The van der Waals surface area contributed by atoms with E-state index in [0.29, 0.717) is 17.2 Å². The van der Waals surface area contributed by atoms with Gasteiger partial charge in [0.25, 0.3) is 5.88 Å². The first-order valence-electron chi connectivity index (χ1n) is 6.40. The first-order valence-corrected chi connectivity index (χ1v) is 6.40. The van der Waals surface area contributed by atoms with Gasteiger partial charge in [0.05, 0.1) is 11.6 Å². The van der Waals surface area contributed by atoms with Gasteiger partial charge in [-0.15, -0.1) is 5.10 Å². The van der Waals surface area contributed by atoms with E-state index < -0.39 is 0 Å². The van der Waals surface area contributed by atoms with Gasteiger partial charge in [-0.05, 0) is 35.4 Å². The van der Waals surface area contributed by atoms with Crippen molar-refractivity contribution in [1.82, 2.24) is 15.4 Å². The third-order valence-corrected chi connectivity index (χ3v) is 2.82. The van der Waals surface area contributed by atoms with E-state index in [1.165, 1.54) is 6.20 Å². The van der Waals surface area contributed by atoms with Gasteiger partial charge in [-0.2, -0.15) is 25.2 Å². The van der Waals surface area contributed by atoms with Crippen LogP contribution in [0.4, 0.5) is 0 Å². The Hall–Kier alpha value is -3.75. The van der Waals surface area contributed by atoms with Crippen molar-refractivity contribution in [1.29, 1.82) is 5.26 Å². The molecule has 23 heavy (non-hydrogen) atoms. The second kappa shape index (κ2) is 7.88. The van der Waals surface area contributed by atoms with Crippen LogP contribution in [0, 0.1) is 11.3 Å². The summed E-state index contributed by atoms with van der Waals surface area (Å²) < 4.78 is 5.50. The van der Waals surface area contributed by atoms with Gasteiger partial charge >= 0.3 is 6.15 Å². The predicted octanol–water partition coefficient (Wildman–Crippen LogP) is 2.55. The van der Waals surface area contributed by atoms with Crippen LogP contribution in [0.25, 0.3) is 11.1 Å². The second-order valence-corrected chi connectivity index (χ2v) is 4.21. The molecule has 3 rings (SSSR count). The Bertz CT molecular complexity index is 813. The highest BCUT2D eigenvalue weighted by Crippen LogP contribution is 2.24. The molecule has 7 heteroatoms. The van der Waals surface area contributed by atoms with Crippen molar-refractivity contribution in [3.63, 3.8) is 0 Å². The molecule has 7 nitrogen and oxygen atoms in total. The third-order valence-electron chi connectivity index (χ3n) is 2.82. The van der Waals surface area contributed by atoms with Crippen LogP contribution in [-0.2, 0) is 9.59 Å². The summed E-state index contributed by atoms with van der Waals surface area (Å²) in [5.41, 5.74) is 2.76. The largest absolute Gasteiger partial charge is 0.436 e. The van der Waals surface area contributed by atoms with Crippen molar-refractivity contribution < 1.29 is 14.3 Å². The van der Waals surface area contributed by atoms with Crippen LogP contribution in [0.5, 0.6) is 11.6 Å². The first-order chi connectivity index (χ1) is 11.3. The molecule has 1 N–H and O–H groups in total. The zero-order chi connectivity index (χ0) is 16.5. The average Bonchev–Trinajstić information content (AvgIpc) is 3.09. The quantitative estimate of drug-likeness (QED) is 0.796. The smallest absolute Gasteiger partial charge is 0.373 e. The highest BCUT2D eigenvalue weighted by atomic mass is 16.5. The summed E-state index contributed by atoms with van der Waals surface area (Å²) in [7, 11) is 0. The highest BCUT2D eigenvalue weighted by molar-refractivity contribution is 5.65. The Morgan fingerprint density at radius 2 is 1.52 bits per heavy atom. The van der Waals surface area contributed by atoms with E-state index in [9.17, 15) is 0 Å². The third kappa shape index (κ3) is 4.36. The number of aromatic nitrogens is 3. The molecule has 0 fully saturated rings. The Kier molecular flexibility index (Phi) is 5.36. The van der Waals surface area contributed by atoms with Crippen LogP contribution in [0.1, 0.15) is 5.56 Å². The van der Waals surface area contributed by atoms with Gasteiger partial charge < -0.3 is 4.74 Å². The summed E-state index contributed by atoms with van der Waals surface area (Å²) in [6.45, 7) is 0. The van der Waals surface area contributed by atoms with E-state index in [2.05, 4.69) is 21.5 Å². The lowest BCUT2D eigenvalue weighted by Crippen LogP contribution is -1.85. The lowest BCUT2D eigenvalue weighted by atomic mass is 10.0. The minimum atomic E-state index is 0.250. The van der Waals surface area contributed by atoms with E-state index in [1.54, 1.807) is 12.1 Å². The number of H-pyrrole nitrogens is 1. The summed E-state index contributed by atoms with van der Waals surface area (Å²) in [5, 5.41) is 18.8. The van der Waals surface area contributed by atoms with E-state index in [4.69, 9.17) is 19.6 Å². The van der Waals surface area contributed by atoms with Gasteiger partial charge in [-0.1, -0.05) is 24.3 Å². The monoisotopic (exact) mass is 306 g/mol. The number of nitrogens with zero attached hydrogens (tertiary/aromatic N) is 3. The van der Waals surface area contributed by atoms with Gasteiger partial charge in [-0.25, -0.2) is 0 Å². The van der Waals surface area contributed by atoms with Gasteiger partial charge in [0.2, 0.25) is 0 Å². The minimum Gasteiger partial charge on any atom is -0.436 e. The van der Waals surface area contributed by atoms with Gasteiger partial charge in [0.1, 0.15) is 11.9 Å². The molecule has 0 aliphatic rings. The number of nitriles is 1. The molecule has 0 unspecified atom stereocenters. The molecule has 0 aliphatic carbocycles. The molecule has 0 amide bonds. The summed E-state index contributed by atoms with van der Waals surface area (Å²) in [6, 6.07) is 17.2. The Morgan fingerprint density at radius 3 is 2.00 bits per heavy atom. The highest BCUT2D eigenvalue weighted by Gasteiger charge is 2.01. The van der Waals surface area contributed by atoms with E-state index in [1.807, 2.05) is 36.4 Å². The van der Waals surface area contributed by atoms with Gasteiger partial charge in [0.15, 0.2) is 0 Å². The Morgan fingerprint density at radius 1 is 0.957 bits per heavy atom.